The highest BCUT2D eigenvalue weighted by Crippen LogP contribution is 2.39. The van der Waals surface area contributed by atoms with Crippen molar-refractivity contribution in [2.75, 3.05) is 11.1 Å². The van der Waals surface area contributed by atoms with Gasteiger partial charge in [0.1, 0.15) is 5.82 Å². The molecule has 0 bridgehead atoms. The summed E-state index contributed by atoms with van der Waals surface area (Å²) in [4.78, 5) is 0.805. The smallest absolute Gasteiger partial charge is 0.137 e. The number of aryl methyl sites for hydroxylation is 1. The number of thioether (sulfide) groups is 1. The summed E-state index contributed by atoms with van der Waals surface area (Å²) in [6, 6.07) is 11.9. The van der Waals surface area contributed by atoms with Crippen LogP contribution in [0.1, 0.15) is 23.6 Å². The van der Waals surface area contributed by atoms with E-state index in [1.807, 2.05) is 6.07 Å². The fraction of sp³-hybridized carbons (Fsp3) is 0.250. The molecule has 1 heterocycles. The van der Waals surface area contributed by atoms with Crippen LogP contribution in [0.4, 0.5) is 10.1 Å². The Morgan fingerprint density at radius 3 is 2.95 bits per heavy atom. The molecule has 0 spiro atoms. The van der Waals surface area contributed by atoms with E-state index in [1.54, 1.807) is 23.9 Å². The average Bonchev–Trinajstić information content (AvgIpc) is 2.43. The van der Waals surface area contributed by atoms with Gasteiger partial charge in [-0.15, -0.1) is 11.8 Å². The summed E-state index contributed by atoms with van der Waals surface area (Å²) >= 11 is 3.94. The number of anilines is 1. The lowest BCUT2D eigenvalue weighted by Crippen LogP contribution is -2.17. The SMILES string of the molecule is Cc1cc(I)ccc1NC1CCSc2c(F)cccc21. The fourth-order valence-electron chi connectivity index (χ4n) is 2.51. The number of fused-ring (bicyclic) bond motifs is 1. The molecular weight excluding hydrogens is 384 g/mol. The number of rotatable bonds is 2. The molecular formula is C16H15FINS. The third kappa shape index (κ3) is 2.81. The van der Waals surface area contributed by atoms with Crippen LogP contribution in [0.5, 0.6) is 0 Å². The molecule has 0 saturated heterocycles. The highest BCUT2D eigenvalue weighted by molar-refractivity contribution is 14.1. The summed E-state index contributed by atoms with van der Waals surface area (Å²) in [5.74, 6) is 0.855. The molecule has 1 unspecified atom stereocenters. The first kappa shape index (κ1) is 14.2. The molecule has 1 N–H and O–H groups in total. The number of nitrogens with one attached hydrogen (secondary N) is 1. The van der Waals surface area contributed by atoms with Crippen LogP contribution in [0.25, 0.3) is 0 Å². The largest absolute Gasteiger partial charge is 0.378 e. The molecule has 1 nitrogen and oxygen atoms in total. The highest BCUT2D eigenvalue weighted by atomic mass is 127. The normalized spacial score (nSPS) is 17.6. The minimum atomic E-state index is -0.0988. The summed E-state index contributed by atoms with van der Waals surface area (Å²) in [5.41, 5.74) is 3.45. The molecule has 1 atom stereocenters. The Morgan fingerprint density at radius 2 is 2.15 bits per heavy atom. The van der Waals surface area contributed by atoms with E-state index < -0.39 is 0 Å². The zero-order chi connectivity index (χ0) is 14.1. The average molecular weight is 399 g/mol. The lowest BCUT2D eigenvalue weighted by Gasteiger charge is -2.27. The van der Waals surface area contributed by atoms with Crippen molar-refractivity contribution in [3.05, 3.63) is 56.9 Å². The van der Waals surface area contributed by atoms with Crippen LogP contribution in [0.3, 0.4) is 0 Å². The van der Waals surface area contributed by atoms with E-state index in [2.05, 4.69) is 53.0 Å². The molecule has 4 heteroatoms. The lowest BCUT2D eigenvalue weighted by molar-refractivity contribution is 0.585. The minimum Gasteiger partial charge on any atom is -0.378 e. The molecule has 20 heavy (non-hydrogen) atoms. The van der Waals surface area contributed by atoms with Gasteiger partial charge in [0, 0.05) is 19.9 Å². The number of benzene rings is 2. The molecule has 3 rings (SSSR count). The summed E-state index contributed by atoms with van der Waals surface area (Å²) in [6.45, 7) is 2.11. The predicted molar refractivity (Wildman–Crippen MR) is 92.0 cm³/mol. The number of halogens is 2. The van der Waals surface area contributed by atoms with Crippen LogP contribution < -0.4 is 5.32 Å². The van der Waals surface area contributed by atoms with E-state index >= 15 is 0 Å². The molecule has 0 aromatic heterocycles. The minimum absolute atomic E-state index is 0.0988. The maximum atomic E-state index is 13.9. The molecule has 0 aliphatic carbocycles. The highest BCUT2D eigenvalue weighted by Gasteiger charge is 2.23. The molecule has 104 valence electrons. The molecule has 1 aliphatic heterocycles. The Morgan fingerprint density at radius 1 is 1.30 bits per heavy atom. The number of hydrogen-bond donors (Lipinski definition) is 1. The van der Waals surface area contributed by atoms with Gasteiger partial charge in [-0.2, -0.15) is 0 Å². The summed E-state index contributed by atoms with van der Waals surface area (Å²) in [7, 11) is 0. The fourth-order valence-corrected chi connectivity index (χ4v) is 4.30. The van der Waals surface area contributed by atoms with Gasteiger partial charge in [0.05, 0.1) is 6.04 Å². The molecule has 1 aliphatic rings. The van der Waals surface area contributed by atoms with Gasteiger partial charge in [-0.1, -0.05) is 12.1 Å². The molecule has 2 aromatic carbocycles. The first-order valence-electron chi connectivity index (χ1n) is 6.59. The molecule has 0 saturated carbocycles. The van der Waals surface area contributed by atoms with Crippen molar-refractivity contribution in [1.29, 1.82) is 0 Å². The first-order chi connectivity index (χ1) is 9.65. The second-order valence-corrected chi connectivity index (χ2v) is 7.30. The molecule has 0 fully saturated rings. The van der Waals surface area contributed by atoms with Gasteiger partial charge < -0.3 is 5.32 Å². The van der Waals surface area contributed by atoms with Gasteiger partial charge in [-0.05, 0) is 71.3 Å². The Hall–Kier alpha value is -0.750. The second kappa shape index (κ2) is 5.93. The van der Waals surface area contributed by atoms with Crippen molar-refractivity contribution in [2.24, 2.45) is 0 Å². The standard InChI is InChI=1S/C16H15FINS/c1-10-9-11(18)5-6-14(10)19-15-7-8-20-16-12(15)3-2-4-13(16)17/h2-6,9,15,19H,7-8H2,1H3. The van der Waals surface area contributed by atoms with Crippen LogP contribution in [0.15, 0.2) is 41.3 Å². The summed E-state index contributed by atoms with van der Waals surface area (Å²) in [5, 5.41) is 3.58. The van der Waals surface area contributed by atoms with Crippen molar-refractivity contribution in [1.82, 2.24) is 0 Å². The van der Waals surface area contributed by atoms with Gasteiger partial charge in [0.25, 0.3) is 0 Å². The van der Waals surface area contributed by atoms with Crippen LogP contribution in [-0.4, -0.2) is 5.75 Å². The molecule has 0 radical (unpaired) electrons. The van der Waals surface area contributed by atoms with Crippen LogP contribution in [0, 0.1) is 16.3 Å². The summed E-state index contributed by atoms with van der Waals surface area (Å²) in [6.07, 6.45) is 1.02. The topological polar surface area (TPSA) is 12.0 Å². The van der Waals surface area contributed by atoms with Crippen molar-refractivity contribution in [2.45, 2.75) is 24.3 Å². The van der Waals surface area contributed by atoms with Gasteiger partial charge in [0.15, 0.2) is 0 Å². The predicted octanol–water partition coefficient (Wildman–Crippen LogP) is 5.39. The van der Waals surface area contributed by atoms with Gasteiger partial charge >= 0.3 is 0 Å². The van der Waals surface area contributed by atoms with Gasteiger partial charge in [0.2, 0.25) is 0 Å². The van der Waals surface area contributed by atoms with E-state index in [-0.39, 0.29) is 11.9 Å². The monoisotopic (exact) mass is 399 g/mol. The van der Waals surface area contributed by atoms with Crippen LogP contribution in [0.2, 0.25) is 0 Å². The Kier molecular flexibility index (Phi) is 4.21. The van der Waals surface area contributed by atoms with E-state index in [0.29, 0.717) is 0 Å². The van der Waals surface area contributed by atoms with Gasteiger partial charge in [-0.25, -0.2) is 4.39 Å². The van der Waals surface area contributed by atoms with Crippen molar-refractivity contribution < 1.29 is 4.39 Å². The zero-order valence-corrected chi connectivity index (χ0v) is 14.1. The Balaban J connectivity index is 1.91. The second-order valence-electron chi connectivity index (χ2n) is 4.95. The lowest BCUT2D eigenvalue weighted by atomic mass is 10.0. The Labute approximate surface area is 136 Å². The van der Waals surface area contributed by atoms with Crippen molar-refractivity contribution in [3.63, 3.8) is 0 Å². The quantitative estimate of drug-likeness (QED) is 0.680. The maximum Gasteiger partial charge on any atom is 0.137 e. The van der Waals surface area contributed by atoms with E-state index in [1.165, 1.54) is 9.13 Å². The van der Waals surface area contributed by atoms with E-state index in [4.69, 9.17) is 0 Å². The van der Waals surface area contributed by atoms with E-state index in [9.17, 15) is 4.39 Å². The Bertz CT molecular complexity index is 644. The van der Waals surface area contributed by atoms with Crippen LogP contribution in [-0.2, 0) is 0 Å². The van der Waals surface area contributed by atoms with E-state index in [0.717, 1.165) is 28.3 Å². The molecule has 0 amide bonds. The third-order valence-electron chi connectivity index (χ3n) is 3.54. The summed E-state index contributed by atoms with van der Waals surface area (Å²) < 4.78 is 15.1. The van der Waals surface area contributed by atoms with Crippen molar-refractivity contribution in [3.8, 4) is 0 Å². The zero-order valence-electron chi connectivity index (χ0n) is 11.1. The molecule has 2 aromatic rings. The van der Waals surface area contributed by atoms with Crippen LogP contribution >= 0.6 is 34.4 Å². The third-order valence-corrected chi connectivity index (χ3v) is 5.37. The number of hydrogen-bond acceptors (Lipinski definition) is 2. The first-order valence-corrected chi connectivity index (χ1v) is 8.65. The van der Waals surface area contributed by atoms with Gasteiger partial charge in [-0.3, -0.25) is 0 Å². The maximum absolute atomic E-state index is 13.9. The van der Waals surface area contributed by atoms with Crippen molar-refractivity contribution >= 4 is 40.0 Å².